The number of benzene rings is 1. The van der Waals surface area contributed by atoms with Gasteiger partial charge < -0.3 is 14.6 Å². The van der Waals surface area contributed by atoms with E-state index in [0.717, 1.165) is 11.8 Å². The molecule has 0 aliphatic heterocycles. The minimum Gasteiger partial charge on any atom is -0.495 e. The summed E-state index contributed by atoms with van der Waals surface area (Å²) >= 11 is 7.03. The zero-order valence-corrected chi connectivity index (χ0v) is 12.7. The third-order valence-corrected chi connectivity index (χ3v) is 3.65. The van der Waals surface area contributed by atoms with Crippen molar-refractivity contribution in [1.29, 1.82) is 0 Å². The zero-order chi connectivity index (χ0) is 15.4. The van der Waals surface area contributed by atoms with Gasteiger partial charge in [0.2, 0.25) is 5.16 Å². The first-order valence-electron chi connectivity index (χ1n) is 5.61. The van der Waals surface area contributed by atoms with Crippen molar-refractivity contribution in [3.8, 4) is 17.2 Å². The molecule has 0 saturated carbocycles. The first kappa shape index (κ1) is 15.4. The van der Waals surface area contributed by atoms with Gasteiger partial charge in [0, 0.05) is 12.1 Å². The predicted molar refractivity (Wildman–Crippen MR) is 75.6 cm³/mol. The molecule has 0 saturated heterocycles. The maximum atomic E-state index is 10.6. The molecule has 0 aliphatic carbocycles. The van der Waals surface area contributed by atoms with E-state index in [-0.39, 0.29) is 5.75 Å². The van der Waals surface area contributed by atoms with Gasteiger partial charge >= 0.3 is 5.97 Å². The number of methoxy groups -OCH3 is 2. The number of carboxylic acid groups (broad SMARTS) is 1. The molecule has 0 spiro atoms. The van der Waals surface area contributed by atoms with E-state index in [4.69, 9.17) is 26.2 Å². The lowest BCUT2D eigenvalue weighted by Crippen LogP contribution is -2.05. The molecule has 2 aromatic rings. The Morgan fingerprint density at radius 3 is 2.71 bits per heavy atom. The molecule has 0 unspecified atom stereocenters. The normalized spacial score (nSPS) is 10.4. The number of ether oxygens (including phenoxy) is 2. The smallest absolute Gasteiger partial charge is 0.313 e. The quantitative estimate of drug-likeness (QED) is 0.796. The molecule has 8 nitrogen and oxygen atoms in total. The predicted octanol–water partition coefficient (Wildman–Crippen LogP) is 1.51. The van der Waals surface area contributed by atoms with Crippen LogP contribution in [0.1, 0.15) is 0 Å². The van der Waals surface area contributed by atoms with Crippen LogP contribution in [0.5, 0.6) is 11.5 Å². The second-order valence-corrected chi connectivity index (χ2v) is 5.06. The van der Waals surface area contributed by atoms with Gasteiger partial charge in [0.1, 0.15) is 17.2 Å². The first-order valence-corrected chi connectivity index (χ1v) is 6.98. The average molecular weight is 331 g/mol. The second-order valence-electron chi connectivity index (χ2n) is 3.71. The van der Waals surface area contributed by atoms with E-state index in [0.29, 0.717) is 27.4 Å². The van der Waals surface area contributed by atoms with Crippen LogP contribution in [0.3, 0.4) is 0 Å². The molecule has 21 heavy (non-hydrogen) atoms. The molecule has 0 amide bonds. The molecule has 0 atom stereocenters. The van der Waals surface area contributed by atoms with Gasteiger partial charge in [-0.2, -0.15) is 4.68 Å². The number of halogens is 1. The molecule has 1 N–H and O–H groups in total. The van der Waals surface area contributed by atoms with Crippen LogP contribution in [0, 0.1) is 0 Å². The number of tetrazole rings is 1. The minimum absolute atomic E-state index is 0.159. The van der Waals surface area contributed by atoms with E-state index < -0.39 is 5.97 Å². The fraction of sp³-hybridized carbons (Fsp3) is 0.273. The number of aromatic nitrogens is 4. The van der Waals surface area contributed by atoms with Crippen LogP contribution in [0.25, 0.3) is 5.69 Å². The zero-order valence-electron chi connectivity index (χ0n) is 11.1. The number of aliphatic carboxylic acids is 1. The average Bonchev–Trinajstić information content (AvgIpc) is 2.92. The standard InChI is InChI=1S/C11H11ClN4O4S/c1-19-8-4-7(9(20-2)3-6(8)12)16-11(13-14-15-16)21-5-10(17)18/h3-4H,5H2,1-2H3,(H,17,18). The molecular weight excluding hydrogens is 320 g/mol. The van der Waals surface area contributed by atoms with Crippen LogP contribution < -0.4 is 9.47 Å². The van der Waals surface area contributed by atoms with Gasteiger partial charge in [0.25, 0.3) is 0 Å². The summed E-state index contributed by atoms with van der Waals surface area (Å²) < 4.78 is 11.8. The largest absolute Gasteiger partial charge is 0.495 e. The molecule has 1 aromatic heterocycles. The molecule has 0 aliphatic rings. The van der Waals surface area contributed by atoms with Gasteiger partial charge in [0.15, 0.2) is 0 Å². The lowest BCUT2D eigenvalue weighted by atomic mass is 10.2. The van der Waals surface area contributed by atoms with Crippen molar-refractivity contribution in [1.82, 2.24) is 20.2 Å². The van der Waals surface area contributed by atoms with Crippen molar-refractivity contribution < 1.29 is 19.4 Å². The van der Waals surface area contributed by atoms with Gasteiger partial charge in [-0.3, -0.25) is 4.79 Å². The van der Waals surface area contributed by atoms with Gasteiger partial charge in [-0.15, -0.1) is 5.10 Å². The van der Waals surface area contributed by atoms with E-state index in [2.05, 4.69) is 15.5 Å². The lowest BCUT2D eigenvalue weighted by molar-refractivity contribution is -0.133. The lowest BCUT2D eigenvalue weighted by Gasteiger charge is -2.12. The highest BCUT2D eigenvalue weighted by atomic mass is 35.5. The maximum absolute atomic E-state index is 10.6. The number of hydrogen-bond acceptors (Lipinski definition) is 7. The Morgan fingerprint density at radius 2 is 2.10 bits per heavy atom. The molecule has 2 rings (SSSR count). The van der Waals surface area contributed by atoms with E-state index in [1.54, 1.807) is 12.1 Å². The Labute approximate surface area is 129 Å². The van der Waals surface area contributed by atoms with Crippen LogP contribution in [0.4, 0.5) is 0 Å². The Hall–Kier alpha value is -2.00. The Kier molecular flexibility index (Phi) is 4.86. The third-order valence-electron chi connectivity index (χ3n) is 2.45. The summed E-state index contributed by atoms with van der Waals surface area (Å²) in [6.07, 6.45) is 0. The van der Waals surface area contributed by atoms with Crippen molar-refractivity contribution in [2.75, 3.05) is 20.0 Å². The molecule has 112 valence electrons. The highest BCUT2D eigenvalue weighted by Crippen LogP contribution is 2.35. The maximum Gasteiger partial charge on any atom is 0.313 e. The van der Waals surface area contributed by atoms with E-state index in [1.165, 1.54) is 18.9 Å². The van der Waals surface area contributed by atoms with Crippen LogP contribution in [-0.2, 0) is 4.79 Å². The molecule has 0 radical (unpaired) electrons. The van der Waals surface area contributed by atoms with Crippen molar-refractivity contribution >= 4 is 29.3 Å². The monoisotopic (exact) mass is 330 g/mol. The topological polar surface area (TPSA) is 99.4 Å². The van der Waals surface area contributed by atoms with Crippen molar-refractivity contribution in [2.45, 2.75) is 5.16 Å². The molecular formula is C11H11ClN4O4S. The molecule has 0 bridgehead atoms. The summed E-state index contributed by atoms with van der Waals surface area (Å²) in [5.74, 6) is -0.259. The molecule has 1 heterocycles. The van der Waals surface area contributed by atoms with E-state index in [9.17, 15) is 4.79 Å². The van der Waals surface area contributed by atoms with Gasteiger partial charge in [-0.05, 0) is 10.4 Å². The van der Waals surface area contributed by atoms with Gasteiger partial charge in [0.05, 0.1) is 25.0 Å². The summed E-state index contributed by atoms with van der Waals surface area (Å²) in [6.45, 7) is 0. The minimum atomic E-state index is -0.963. The van der Waals surface area contributed by atoms with Crippen LogP contribution in [0.15, 0.2) is 17.3 Å². The molecule has 10 heteroatoms. The SMILES string of the molecule is COc1cc(-n2nnnc2SCC(=O)O)c(OC)cc1Cl. The number of rotatable bonds is 6. The van der Waals surface area contributed by atoms with Crippen molar-refractivity contribution in [3.63, 3.8) is 0 Å². The molecule has 1 aromatic carbocycles. The van der Waals surface area contributed by atoms with Crippen molar-refractivity contribution in [2.24, 2.45) is 0 Å². The number of carboxylic acids is 1. The van der Waals surface area contributed by atoms with Crippen LogP contribution in [0.2, 0.25) is 5.02 Å². The molecule has 0 fully saturated rings. The number of nitrogens with zero attached hydrogens (tertiary/aromatic N) is 4. The summed E-state index contributed by atoms with van der Waals surface area (Å²) in [5, 5.41) is 20.6. The van der Waals surface area contributed by atoms with E-state index >= 15 is 0 Å². The first-order chi connectivity index (χ1) is 10.1. The number of thioether (sulfide) groups is 1. The van der Waals surface area contributed by atoms with Crippen LogP contribution >= 0.6 is 23.4 Å². The Balaban J connectivity index is 2.46. The Bertz CT molecular complexity index is 664. The summed E-state index contributed by atoms with van der Waals surface area (Å²) in [6, 6.07) is 3.19. The fourth-order valence-electron chi connectivity index (χ4n) is 1.56. The number of carbonyl (C=O) groups is 1. The summed E-state index contributed by atoms with van der Waals surface area (Å²) in [7, 11) is 2.97. The Morgan fingerprint density at radius 1 is 1.38 bits per heavy atom. The van der Waals surface area contributed by atoms with Crippen molar-refractivity contribution in [3.05, 3.63) is 17.2 Å². The fourth-order valence-corrected chi connectivity index (χ4v) is 2.39. The van der Waals surface area contributed by atoms with E-state index in [1.807, 2.05) is 0 Å². The highest BCUT2D eigenvalue weighted by molar-refractivity contribution is 7.99. The summed E-state index contributed by atoms with van der Waals surface area (Å²) in [4.78, 5) is 10.6. The number of hydrogen-bond donors (Lipinski definition) is 1. The highest BCUT2D eigenvalue weighted by Gasteiger charge is 2.17. The summed E-state index contributed by atoms with van der Waals surface area (Å²) in [5.41, 5.74) is 0.497. The van der Waals surface area contributed by atoms with Gasteiger partial charge in [-0.25, -0.2) is 0 Å². The third kappa shape index (κ3) is 3.37. The second kappa shape index (κ2) is 6.64. The van der Waals surface area contributed by atoms with Crippen LogP contribution in [-0.4, -0.2) is 51.3 Å². The van der Waals surface area contributed by atoms with Gasteiger partial charge in [-0.1, -0.05) is 23.4 Å².